The van der Waals surface area contributed by atoms with E-state index >= 15 is 0 Å². The van der Waals surface area contributed by atoms with Crippen molar-refractivity contribution >= 4 is 21.8 Å². The average Bonchev–Trinajstić information content (AvgIpc) is 2.46. The standard InChI is InChI=1S/C15H20BrN3O/c1-11-9-18-7-3-2-4-13(18)10-19(11)15(20)12-5-6-14(16)17-8-12/h5-6,8,11,13H,2-4,7,9-10H2,1H3. The molecule has 0 spiro atoms. The normalized spacial score (nSPS) is 27.2. The van der Waals surface area contributed by atoms with Gasteiger partial charge in [-0.25, -0.2) is 4.98 Å². The van der Waals surface area contributed by atoms with Crippen LogP contribution in [-0.4, -0.2) is 52.4 Å². The van der Waals surface area contributed by atoms with Gasteiger partial charge in [-0.1, -0.05) is 6.42 Å². The van der Waals surface area contributed by atoms with Gasteiger partial charge in [0.05, 0.1) is 5.56 Å². The molecule has 2 atom stereocenters. The predicted octanol–water partition coefficient (Wildman–Crippen LogP) is 2.54. The maximum Gasteiger partial charge on any atom is 0.255 e. The first-order valence-electron chi connectivity index (χ1n) is 7.32. The summed E-state index contributed by atoms with van der Waals surface area (Å²) in [6.07, 6.45) is 5.46. The molecule has 3 heterocycles. The number of carbonyl (C=O) groups excluding carboxylic acids is 1. The summed E-state index contributed by atoms with van der Waals surface area (Å²) >= 11 is 3.31. The van der Waals surface area contributed by atoms with Gasteiger partial charge in [0, 0.05) is 31.4 Å². The number of rotatable bonds is 1. The van der Waals surface area contributed by atoms with Crippen LogP contribution in [0.4, 0.5) is 0 Å². The SMILES string of the molecule is CC1CN2CCCCC2CN1C(=O)c1ccc(Br)nc1. The first-order valence-corrected chi connectivity index (χ1v) is 8.11. The summed E-state index contributed by atoms with van der Waals surface area (Å²) in [7, 11) is 0. The Morgan fingerprint density at radius 2 is 2.20 bits per heavy atom. The van der Waals surface area contributed by atoms with Crippen LogP contribution in [0.1, 0.15) is 36.5 Å². The first-order chi connectivity index (χ1) is 9.65. The van der Waals surface area contributed by atoms with Crippen LogP contribution in [0.3, 0.4) is 0 Å². The zero-order valence-electron chi connectivity index (χ0n) is 11.8. The van der Waals surface area contributed by atoms with Crippen molar-refractivity contribution in [1.29, 1.82) is 0 Å². The second-order valence-electron chi connectivity index (χ2n) is 5.82. The molecule has 2 unspecified atom stereocenters. The number of fused-ring (bicyclic) bond motifs is 1. The Hall–Kier alpha value is -0.940. The highest BCUT2D eigenvalue weighted by molar-refractivity contribution is 9.10. The monoisotopic (exact) mass is 337 g/mol. The van der Waals surface area contributed by atoms with Crippen LogP contribution < -0.4 is 0 Å². The van der Waals surface area contributed by atoms with Crippen LogP contribution in [0.5, 0.6) is 0 Å². The molecular formula is C15H20BrN3O. The van der Waals surface area contributed by atoms with Gasteiger partial charge in [-0.05, 0) is 54.4 Å². The highest BCUT2D eigenvalue weighted by Gasteiger charge is 2.35. The third-order valence-electron chi connectivity index (χ3n) is 4.42. The van der Waals surface area contributed by atoms with Crippen LogP contribution in [0.2, 0.25) is 0 Å². The van der Waals surface area contributed by atoms with Gasteiger partial charge < -0.3 is 4.90 Å². The Morgan fingerprint density at radius 3 is 2.95 bits per heavy atom. The van der Waals surface area contributed by atoms with Gasteiger partial charge in [-0.3, -0.25) is 9.69 Å². The predicted molar refractivity (Wildman–Crippen MR) is 81.6 cm³/mol. The van der Waals surface area contributed by atoms with E-state index in [1.165, 1.54) is 25.8 Å². The molecule has 5 heteroatoms. The van der Waals surface area contributed by atoms with E-state index in [-0.39, 0.29) is 11.9 Å². The third-order valence-corrected chi connectivity index (χ3v) is 4.89. The number of nitrogens with zero attached hydrogens (tertiary/aromatic N) is 3. The van der Waals surface area contributed by atoms with Crippen LogP contribution in [0, 0.1) is 0 Å². The third kappa shape index (κ3) is 2.74. The van der Waals surface area contributed by atoms with E-state index in [1.54, 1.807) is 6.20 Å². The maximum absolute atomic E-state index is 12.6. The van der Waals surface area contributed by atoms with E-state index in [0.717, 1.165) is 17.7 Å². The molecule has 2 fully saturated rings. The van der Waals surface area contributed by atoms with E-state index in [0.29, 0.717) is 11.6 Å². The molecule has 1 aromatic rings. The Morgan fingerprint density at radius 1 is 1.35 bits per heavy atom. The molecule has 0 radical (unpaired) electrons. The summed E-state index contributed by atoms with van der Waals surface area (Å²) in [5.74, 6) is 0.114. The van der Waals surface area contributed by atoms with Crippen LogP contribution in [0.25, 0.3) is 0 Å². The number of amides is 1. The van der Waals surface area contributed by atoms with E-state index in [9.17, 15) is 4.79 Å². The maximum atomic E-state index is 12.6. The summed E-state index contributed by atoms with van der Waals surface area (Å²) < 4.78 is 0.763. The number of piperidine rings is 1. The van der Waals surface area contributed by atoms with Gasteiger partial charge in [0.2, 0.25) is 0 Å². The van der Waals surface area contributed by atoms with Crippen molar-refractivity contribution in [3.63, 3.8) is 0 Å². The highest BCUT2D eigenvalue weighted by Crippen LogP contribution is 2.25. The van der Waals surface area contributed by atoms with Crippen molar-refractivity contribution in [2.45, 2.75) is 38.3 Å². The van der Waals surface area contributed by atoms with E-state index in [1.807, 2.05) is 17.0 Å². The Kier molecular flexibility index (Phi) is 4.08. The van der Waals surface area contributed by atoms with E-state index in [2.05, 4.69) is 32.7 Å². The second kappa shape index (κ2) is 5.82. The summed E-state index contributed by atoms with van der Waals surface area (Å²) in [6, 6.07) is 4.50. The molecule has 0 N–H and O–H groups in total. The van der Waals surface area contributed by atoms with Crippen molar-refractivity contribution in [1.82, 2.24) is 14.8 Å². The lowest BCUT2D eigenvalue weighted by molar-refractivity contribution is 0.0151. The number of piperazine rings is 1. The van der Waals surface area contributed by atoms with Crippen molar-refractivity contribution in [2.24, 2.45) is 0 Å². The molecule has 0 aromatic carbocycles. The topological polar surface area (TPSA) is 36.4 Å². The Labute approximate surface area is 128 Å². The lowest BCUT2D eigenvalue weighted by Crippen LogP contribution is -2.60. The molecule has 1 aromatic heterocycles. The van der Waals surface area contributed by atoms with Gasteiger partial charge in [0.15, 0.2) is 0 Å². The van der Waals surface area contributed by atoms with Crippen molar-refractivity contribution < 1.29 is 4.79 Å². The lowest BCUT2D eigenvalue weighted by Gasteiger charge is -2.47. The Bertz CT molecular complexity index is 490. The summed E-state index contributed by atoms with van der Waals surface area (Å²) in [5, 5.41) is 0. The van der Waals surface area contributed by atoms with Gasteiger partial charge in [0.1, 0.15) is 4.60 Å². The fourth-order valence-electron chi connectivity index (χ4n) is 3.30. The molecular weight excluding hydrogens is 318 g/mol. The molecule has 0 bridgehead atoms. The molecule has 108 valence electrons. The first kappa shape index (κ1) is 14.0. The van der Waals surface area contributed by atoms with Crippen LogP contribution in [0.15, 0.2) is 22.9 Å². The lowest BCUT2D eigenvalue weighted by atomic mass is 9.96. The molecule has 1 amide bonds. The molecule has 20 heavy (non-hydrogen) atoms. The fraction of sp³-hybridized carbons (Fsp3) is 0.600. The van der Waals surface area contributed by atoms with Crippen molar-refractivity contribution in [3.05, 3.63) is 28.5 Å². The molecule has 2 saturated heterocycles. The summed E-state index contributed by atoms with van der Waals surface area (Å²) in [4.78, 5) is 21.4. The van der Waals surface area contributed by atoms with Gasteiger partial charge in [0.25, 0.3) is 5.91 Å². The summed E-state index contributed by atoms with van der Waals surface area (Å²) in [6.45, 7) is 5.20. The largest absolute Gasteiger partial charge is 0.333 e. The zero-order valence-corrected chi connectivity index (χ0v) is 13.3. The van der Waals surface area contributed by atoms with E-state index in [4.69, 9.17) is 0 Å². The number of halogens is 1. The van der Waals surface area contributed by atoms with Gasteiger partial charge >= 0.3 is 0 Å². The average molecular weight is 338 g/mol. The van der Waals surface area contributed by atoms with Crippen LogP contribution in [-0.2, 0) is 0 Å². The number of hydrogen-bond donors (Lipinski definition) is 0. The Balaban J connectivity index is 1.75. The quantitative estimate of drug-likeness (QED) is 0.739. The van der Waals surface area contributed by atoms with Crippen LogP contribution >= 0.6 is 15.9 Å². The second-order valence-corrected chi connectivity index (χ2v) is 6.63. The molecule has 2 aliphatic rings. The fourth-order valence-corrected chi connectivity index (χ4v) is 3.54. The summed E-state index contributed by atoms with van der Waals surface area (Å²) in [5.41, 5.74) is 0.685. The van der Waals surface area contributed by atoms with E-state index < -0.39 is 0 Å². The highest BCUT2D eigenvalue weighted by atomic mass is 79.9. The smallest absolute Gasteiger partial charge is 0.255 e. The van der Waals surface area contributed by atoms with Crippen molar-refractivity contribution in [3.8, 4) is 0 Å². The number of pyridine rings is 1. The molecule has 0 saturated carbocycles. The molecule has 2 aliphatic heterocycles. The number of carbonyl (C=O) groups is 1. The molecule has 3 rings (SSSR count). The molecule has 4 nitrogen and oxygen atoms in total. The number of hydrogen-bond acceptors (Lipinski definition) is 3. The molecule has 0 aliphatic carbocycles. The minimum absolute atomic E-state index is 0.114. The van der Waals surface area contributed by atoms with Gasteiger partial charge in [-0.2, -0.15) is 0 Å². The van der Waals surface area contributed by atoms with Crippen molar-refractivity contribution in [2.75, 3.05) is 19.6 Å². The minimum atomic E-state index is 0.114. The minimum Gasteiger partial charge on any atom is -0.333 e. The van der Waals surface area contributed by atoms with Gasteiger partial charge in [-0.15, -0.1) is 0 Å². The number of aromatic nitrogens is 1. The zero-order chi connectivity index (χ0) is 14.1.